The second-order valence-electron chi connectivity index (χ2n) is 8.34. The van der Waals surface area contributed by atoms with Crippen LogP contribution < -0.4 is 9.80 Å². The van der Waals surface area contributed by atoms with Crippen LogP contribution >= 0.6 is 11.3 Å². The molecule has 0 spiro atoms. The van der Waals surface area contributed by atoms with Gasteiger partial charge in [-0.3, -0.25) is 14.5 Å². The molecule has 5 rings (SSSR count). The number of carbonyl (C=O) groups is 2. The largest absolute Gasteiger partial charge is 0.312 e. The number of carbonyl (C=O) groups excluding carboxylic acids is 2. The van der Waals surface area contributed by atoms with Crippen LogP contribution in [0, 0.1) is 5.92 Å². The highest BCUT2D eigenvalue weighted by atomic mass is 32.1. The van der Waals surface area contributed by atoms with E-state index in [0.29, 0.717) is 11.6 Å². The lowest BCUT2D eigenvalue weighted by molar-refractivity contribution is -0.120. The van der Waals surface area contributed by atoms with Crippen molar-refractivity contribution in [1.82, 2.24) is 4.98 Å². The normalized spacial score (nSPS) is 15.5. The zero-order valence-corrected chi connectivity index (χ0v) is 18.4. The van der Waals surface area contributed by atoms with Gasteiger partial charge in [0.15, 0.2) is 5.13 Å². The molecule has 2 aromatic carbocycles. The number of rotatable bonds is 5. The molecular formula is C25H25N3O2S. The predicted octanol–water partition coefficient (Wildman–Crippen LogP) is 4.70. The molecule has 1 saturated carbocycles. The molecule has 0 bridgehead atoms. The number of anilines is 2. The smallest absolute Gasteiger partial charge is 0.232 e. The molecule has 1 fully saturated rings. The summed E-state index contributed by atoms with van der Waals surface area (Å²) in [6.45, 7) is 0.816. The number of aromatic nitrogens is 1. The maximum Gasteiger partial charge on any atom is 0.232 e. The number of hydrogen-bond acceptors (Lipinski definition) is 4. The Morgan fingerprint density at radius 1 is 1.16 bits per heavy atom. The Kier molecular flexibility index (Phi) is 5.32. The first kappa shape index (κ1) is 19.9. The quantitative estimate of drug-likeness (QED) is 0.588. The number of aryl methyl sites for hydroxylation is 1. The molecule has 3 aromatic rings. The monoisotopic (exact) mass is 431 g/mol. The summed E-state index contributed by atoms with van der Waals surface area (Å²) in [5, 5.41) is 2.69. The maximum absolute atomic E-state index is 12.7. The van der Waals surface area contributed by atoms with Gasteiger partial charge in [0.05, 0.1) is 12.1 Å². The number of thiazole rings is 1. The maximum atomic E-state index is 12.7. The predicted molar refractivity (Wildman–Crippen MR) is 125 cm³/mol. The van der Waals surface area contributed by atoms with Crippen molar-refractivity contribution < 1.29 is 9.59 Å². The minimum Gasteiger partial charge on any atom is -0.312 e. The summed E-state index contributed by atoms with van der Waals surface area (Å²) in [4.78, 5) is 33.6. The molecule has 0 atom stereocenters. The third-order valence-corrected chi connectivity index (χ3v) is 6.95. The van der Waals surface area contributed by atoms with Crippen molar-refractivity contribution in [3.8, 4) is 11.3 Å². The highest BCUT2D eigenvalue weighted by Gasteiger charge is 2.35. The fourth-order valence-corrected chi connectivity index (χ4v) is 4.90. The van der Waals surface area contributed by atoms with Gasteiger partial charge < -0.3 is 4.90 Å². The van der Waals surface area contributed by atoms with Crippen LogP contribution in [-0.4, -0.2) is 30.4 Å². The topological polar surface area (TPSA) is 53.5 Å². The van der Waals surface area contributed by atoms with E-state index in [4.69, 9.17) is 4.98 Å². The summed E-state index contributed by atoms with van der Waals surface area (Å²) in [7, 11) is 1.78. The van der Waals surface area contributed by atoms with Crippen LogP contribution in [0.15, 0.2) is 53.9 Å². The first-order chi connectivity index (χ1) is 15.1. The molecular weight excluding hydrogens is 406 g/mol. The summed E-state index contributed by atoms with van der Waals surface area (Å²) in [6, 6.07) is 16.0. The van der Waals surface area contributed by atoms with E-state index in [1.165, 1.54) is 16.9 Å². The van der Waals surface area contributed by atoms with Crippen molar-refractivity contribution >= 4 is 34.0 Å². The molecule has 31 heavy (non-hydrogen) atoms. The van der Waals surface area contributed by atoms with E-state index in [1.807, 2.05) is 46.7 Å². The number of likely N-dealkylation sites (N-methyl/N-ethyl adjacent to an activating group) is 1. The number of nitrogens with zero attached hydrogens (tertiary/aromatic N) is 3. The second kappa shape index (κ2) is 8.27. The fraction of sp³-hybridized carbons (Fsp3) is 0.320. The van der Waals surface area contributed by atoms with Gasteiger partial charge in [-0.25, -0.2) is 4.98 Å². The minimum atomic E-state index is 0.0202. The molecule has 6 heteroatoms. The highest BCUT2D eigenvalue weighted by molar-refractivity contribution is 7.14. The van der Waals surface area contributed by atoms with Gasteiger partial charge in [-0.05, 0) is 48.9 Å². The van der Waals surface area contributed by atoms with Gasteiger partial charge in [0, 0.05) is 36.1 Å². The van der Waals surface area contributed by atoms with Gasteiger partial charge in [0.25, 0.3) is 0 Å². The van der Waals surface area contributed by atoms with E-state index in [-0.39, 0.29) is 17.7 Å². The van der Waals surface area contributed by atoms with E-state index in [9.17, 15) is 9.59 Å². The Hall–Kier alpha value is -2.99. The van der Waals surface area contributed by atoms with E-state index >= 15 is 0 Å². The molecule has 5 nitrogen and oxygen atoms in total. The van der Waals surface area contributed by atoms with Crippen molar-refractivity contribution in [1.29, 1.82) is 0 Å². The average molecular weight is 432 g/mol. The van der Waals surface area contributed by atoms with E-state index < -0.39 is 0 Å². The van der Waals surface area contributed by atoms with E-state index in [0.717, 1.165) is 54.7 Å². The number of fused-ring (bicyclic) bond motifs is 1. The van der Waals surface area contributed by atoms with Crippen molar-refractivity contribution in [2.75, 3.05) is 23.4 Å². The lowest BCUT2D eigenvalue weighted by Crippen LogP contribution is -2.36. The standard InChI is InChI=1S/C25H25N3O2S/c1-27(23(29)14-17-6-3-2-4-7-17)25-26-21(16-31-25)19-11-12-22-20(15-19)8-5-13-28(22)24(30)18-9-10-18/h2-4,6-7,11-12,15-16,18H,5,8-10,13-14H2,1H3. The summed E-state index contributed by atoms with van der Waals surface area (Å²) in [5.41, 5.74) is 5.16. The van der Waals surface area contributed by atoms with Crippen molar-refractivity contribution in [2.45, 2.75) is 32.1 Å². The van der Waals surface area contributed by atoms with E-state index in [2.05, 4.69) is 12.1 Å². The molecule has 0 unspecified atom stereocenters. The Morgan fingerprint density at radius 3 is 2.74 bits per heavy atom. The second-order valence-corrected chi connectivity index (χ2v) is 9.18. The van der Waals surface area contributed by atoms with Gasteiger partial charge in [0.2, 0.25) is 11.8 Å². The van der Waals surface area contributed by atoms with Gasteiger partial charge in [-0.1, -0.05) is 36.4 Å². The molecule has 2 aliphatic rings. The van der Waals surface area contributed by atoms with Crippen molar-refractivity contribution in [2.24, 2.45) is 5.92 Å². The Morgan fingerprint density at radius 2 is 1.97 bits per heavy atom. The molecule has 0 saturated heterocycles. The molecule has 2 heterocycles. The zero-order chi connectivity index (χ0) is 21.4. The van der Waals surface area contributed by atoms with Gasteiger partial charge in [-0.2, -0.15) is 0 Å². The van der Waals surface area contributed by atoms with Gasteiger partial charge >= 0.3 is 0 Å². The van der Waals surface area contributed by atoms with Crippen LogP contribution in [0.1, 0.15) is 30.4 Å². The number of benzene rings is 2. The van der Waals surface area contributed by atoms with Crippen LogP contribution in [0.4, 0.5) is 10.8 Å². The molecule has 1 aromatic heterocycles. The SMILES string of the molecule is CN(C(=O)Cc1ccccc1)c1nc(-c2ccc3c(c2)CCCN3C(=O)C2CC2)cs1. The van der Waals surface area contributed by atoms with Crippen LogP contribution in [0.3, 0.4) is 0 Å². The molecule has 1 aliphatic heterocycles. The Labute approximate surface area is 186 Å². The highest BCUT2D eigenvalue weighted by Crippen LogP contribution is 2.37. The molecule has 2 amide bonds. The molecule has 0 N–H and O–H groups in total. The average Bonchev–Trinajstić information content (AvgIpc) is 3.54. The first-order valence-electron chi connectivity index (χ1n) is 10.8. The first-order valence-corrected chi connectivity index (χ1v) is 11.7. The lowest BCUT2D eigenvalue weighted by Gasteiger charge is -2.30. The summed E-state index contributed by atoms with van der Waals surface area (Å²) in [5.74, 6) is 0.533. The van der Waals surface area contributed by atoms with Crippen LogP contribution in [-0.2, 0) is 22.4 Å². The number of hydrogen-bond donors (Lipinski definition) is 0. The van der Waals surface area contributed by atoms with E-state index in [1.54, 1.807) is 11.9 Å². The van der Waals surface area contributed by atoms with Gasteiger partial charge in [-0.15, -0.1) is 11.3 Å². The Balaban J connectivity index is 1.33. The number of amides is 2. The third-order valence-electron chi connectivity index (χ3n) is 6.04. The fourth-order valence-electron chi connectivity index (χ4n) is 4.08. The third kappa shape index (κ3) is 4.12. The van der Waals surface area contributed by atoms with Crippen LogP contribution in [0.5, 0.6) is 0 Å². The lowest BCUT2D eigenvalue weighted by atomic mass is 9.98. The van der Waals surface area contributed by atoms with Crippen LogP contribution in [0.2, 0.25) is 0 Å². The summed E-state index contributed by atoms with van der Waals surface area (Å²) in [6.07, 6.45) is 4.38. The molecule has 1 aliphatic carbocycles. The van der Waals surface area contributed by atoms with Crippen molar-refractivity contribution in [3.63, 3.8) is 0 Å². The summed E-state index contributed by atoms with van der Waals surface area (Å²) < 4.78 is 0. The van der Waals surface area contributed by atoms with Crippen LogP contribution in [0.25, 0.3) is 11.3 Å². The summed E-state index contributed by atoms with van der Waals surface area (Å²) >= 11 is 1.48. The molecule has 158 valence electrons. The zero-order valence-electron chi connectivity index (χ0n) is 17.6. The van der Waals surface area contributed by atoms with Gasteiger partial charge in [0.1, 0.15) is 0 Å². The van der Waals surface area contributed by atoms with Crippen molar-refractivity contribution in [3.05, 3.63) is 65.0 Å². The molecule has 0 radical (unpaired) electrons. The Bertz CT molecular complexity index is 1120. The minimum absolute atomic E-state index is 0.0202.